The molecule has 2 aromatic carbocycles. The summed E-state index contributed by atoms with van der Waals surface area (Å²) in [7, 11) is 0. The van der Waals surface area contributed by atoms with Crippen molar-refractivity contribution in [2.24, 2.45) is 0 Å². The maximum Gasteiger partial charge on any atom is 0.408 e. The van der Waals surface area contributed by atoms with Crippen molar-refractivity contribution in [1.82, 2.24) is 15.3 Å². The molecule has 3 aromatic rings. The van der Waals surface area contributed by atoms with Crippen molar-refractivity contribution in [3.8, 4) is 5.75 Å². The summed E-state index contributed by atoms with van der Waals surface area (Å²) in [5.41, 5.74) is 0.617. The number of anilines is 2. The minimum absolute atomic E-state index is 0.162. The van der Waals surface area contributed by atoms with Crippen LogP contribution in [0.25, 0.3) is 11.0 Å². The maximum absolute atomic E-state index is 12.6. The molecule has 0 saturated heterocycles. The van der Waals surface area contributed by atoms with Crippen LogP contribution < -0.4 is 20.7 Å². The summed E-state index contributed by atoms with van der Waals surface area (Å²) in [6, 6.07) is 10.5. The molecule has 0 saturated carbocycles. The first-order valence-corrected chi connectivity index (χ1v) is 13.0. The lowest BCUT2D eigenvalue weighted by atomic mass is 10.0. The second-order valence-corrected chi connectivity index (χ2v) is 11.7. The van der Waals surface area contributed by atoms with Crippen LogP contribution in [0.15, 0.2) is 42.5 Å². The van der Waals surface area contributed by atoms with Gasteiger partial charge in [0.05, 0.1) is 23.1 Å². The van der Waals surface area contributed by atoms with Crippen molar-refractivity contribution in [2.45, 2.75) is 48.2 Å². The van der Waals surface area contributed by atoms with Crippen LogP contribution in [0, 0.1) is 0 Å². The summed E-state index contributed by atoms with van der Waals surface area (Å²) in [4.78, 5) is 56.5. The largest absolute Gasteiger partial charge is 0.480 e. The van der Waals surface area contributed by atoms with Gasteiger partial charge in [0.15, 0.2) is 11.7 Å². The number of benzene rings is 2. The molecule has 12 nitrogen and oxygen atoms in total. The minimum Gasteiger partial charge on any atom is -0.480 e. The fourth-order valence-electron chi connectivity index (χ4n) is 3.72. The number of aromatic nitrogens is 2. The smallest absolute Gasteiger partial charge is 0.408 e. The lowest BCUT2D eigenvalue weighted by Gasteiger charge is -2.32. The number of fused-ring (bicyclic) bond motifs is 2. The third-order valence-corrected chi connectivity index (χ3v) is 7.31. The number of carbonyl (C=O) groups is 4. The Balaban J connectivity index is 1.37. The molecule has 1 unspecified atom stereocenters. The van der Waals surface area contributed by atoms with E-state index in [1.54, 1.807) is 12.1 Å². The fourth-order valence-corrected chi connectivity index (χ4v) is 3.84. The average molecular weight is 613 g/mol. The van der Waals surface area contributed by atoms with E-state index in [-0.39, 0.29) is 30.2 Å². The van der Waals surface area contributed by atoms with Gasteiger partial charge in [0.1, 0.15) is 11.8 Å². The number of hydrogen-bond donors (Lipinski definition) is 5. The number of carboxylic acid groups (broad SMARTS) is 1. The van der Waals surface area contributed by atoms with E-state index in [0.29, 0.717) is 11.1 Å². The highest BCUT2D eigenvalue weighted by Crippen LogP contribution is 2.40. The van der Waals surface area contributed by atoms with Gasteiger partial charge in [-0.2, -0.15) is 0 Å². The Bertz CT molecular complexity index is 1440. The molecule has 5 N–H and O–H groups in total. The molecule has 0 fully saturated rings. The van der Waals surface area contributed by atoms with Gasteiger partial charge in [0.25, 0.3) is 5.91 Å². The van der Waals surface area contributed by atoms with Gasteiger partial charge in [-0.15, -0.1) is 0 Å². The Morgan fingerprint density at radius 2 is 1.90 bits per heavy atom. The number of hydrogen-bond acceptors (Lipinski definition) is 7. The molecule has 0 radical (unpaired) electrons. The molecule has 1 aliphatic heterocycles. The first kappa shape index (κ1) is 29.2. The van der Waals surface area contributed by atoms with Crippen LogP contribution in [-0.4, -0.2) is 60.5 Å². The summed E-state index contributed by atoms with van der Waals surface area (Å²) < 4.78 is 8.87. The van der Waals surface area contributed by atoms with E-state index in [0.717, 1.165) is 5.52 Å². The van der Waals surface area contributed by atoms with Gasteiger partial charge in [0, 0.05) is 6.42 Å². The topological polar surface area (TPSA) is 172 Å². The van der Waals surface area contributed by atoms with Gasteiger partial charge in [-0.1, -0.05) is 53.0 Å². The Kier molecular flexibility index (Phi) is 8.33. The number of para-hydroxylation sites is 2. The molecule has 0 bridgehead atoms. The van der Waals surface area contributed by atoms with Crippen LogP contribution in [-0.2, 0) is 25.5 Å². The average Bonchev–Trinajstić information content (AvgIpc) is 3.25. The number of aliphatic carboxylic acids is 1. The molecule has 1 aliphatic rings. The van der Waals surface area contributed by atoms with Gasteiger partial charge in [-0.05, 0) is 43.7 Å². The van der Waals surface area contributed by atoms with Gasteiger partial charge < -0.3 is 30.2 Å². The second-order valence-electron chi connectivity index (χ2n) is 9.42. The summed E-state index contributed by atoms with van der Waals surface area (Å²) in [6.45, 7) is 2.72. The Labute approximate surface area is 242 Å². The van der Waals surface area contributed by atoms with Crippen LogP contribution in [0.2, 0.25) is 0 Å². The number of rotatable bonds is 8. The molecular formula is C25H24Cl3N5O7. The second kappa shape index (κ2) is 11.4. The van der Waals surface area contributed by atoms with Crippen molar-refractivity contribution < 1.29 is 33.8 Å². The van der Waals surface area contributed by atoms with Crippen LogP contribution >= 0.6 is 34.8 Å². The zero-order valence-corrected chi connectivity index (χ0v) is 23.4. The zero-order valence-electron chi connectivity index (χ0n) is 21.1. The third-order valence-electron chi connectivity index (χ3n) is 5.94. The van der Waals surface area contributed by atoms with Gasteiger partial charge in [-0.3, -0.25) is 14.9 Å². The van der Waals surface area contributed by atoms with Gasteiger partial charge >= 0.3 is 12.1 Å². The molecule has 1 aromatic heterocycles. The van der Waals surface area contributed by atoms with Crippen LogP contribution in [0.1, 0.15) is 25.8 Å². The molecule has 2 atom stereocenters. The van der Waals surface area contributed by atoms with E-state index < -0.39 is 45.4 Å². The van der Waals surface area contributed by atoms with Crippen molar-refractivity contribution in [2.75, 3.05) is 10.6 Å². The Morgan fingerprint density at radius 1 is 1.18 bits per heavy atom. The summed E-state index contributed by atoms with van der Waals surface area (Å²) in [5, 5.41) is 17.1. The van der Waals surface area contributed by atoms with Crippen LogP contribution in [0.5, 0.6) is 5.75 Å². The number of H-pyrrole nitrogens is 1. The van der Waals surface area contributed by atoms with Gasteiger partial charge in [0.2, 0.25) is 15.6 Å². The highest BCUT2D eigenvalue weighted by molar-refractivity contribution is 6.68. The molecule has 0 spiro atoms. The van der Waals surface area contributed by atoms with E-state index in [9.17, 15) is 24.3 Å². The number of imidazole rings is 1. The molecule has 40 heavy (non-hydrogen) atoms. The number of nitrogens with one attached hydrogen (secondary N) is 4. The quantitative estimate of drug-likeness (QED) is 0.236. The monoisotopic (exact) mass is 611 g/mol. The Hall–Kier alpha value is -3.74. The standard InChI is InChI=1S/C25H24Cl3N5O7/c1-24(2,25(26,27)28)40-23(38)32-16(21(36)37)10-12-7-8-17-15(9-12)29-20(35)18(39-17)11-19(34)33-22-30-13-5-3-4-6-14(13)31-22/h3-9,16,18H,10-11H2,1-2H3,(H,29,35)(H,32,38)(H,36,37)(H2,30,31,33,34)/t16-,18?/m0/s1. The van der Waals surface area contributed by atoms with Crippen LogP contribution in [0.3, 0.4) is 0 Å². The first-order valence-electron chi connectivity index (χ1n) is 11.9. The fraction of sp³-hybridized carbons (Fsp3) is 0.320. The predicted octanol–water partition coefficient (Wildman–Crippen LogP) is 4.16. The molecule has 2 heterocycles. The predicted molar refractivity (Wildman–Crippen MR) is 148 cm³/mol. The third kappa shape index (κ3) is 6.87. The summed E-state index contributed by atoms with van der Waals surface area (Å²) in [5.74, 6) is -1.85. The lowest BCUT2D eigenvalue weighted by Crippen LogP contribution is -2.48. The first-order chi connectivity index (χ1) is 18.7. The number of aromatic amines is 1. The van der Waals surface area contributed by atoms with E-state index >= 15 is 0 Å². The molecule has 15 heteroatoms. The van der Waals surface area contributed by atoms with E-state index in [1.807, 2.05) is 18.2 Å². The van der Waals surface area contributed by atoms with Crippen molar-refractivity contribution >= 4 is 81.3 Å². The van der Waals surface area contributed by atoms with Gasteiger partial charge in [-0.25, -0.2) is 14.6 Å². The van der Waals surface area contributed by atoms with E-state index in [2.05, 4.69) is 25.9 Å². The van der Waals surface area contributed by atoms with E-state index in [4.69, 9.17) is 44.3 Å². The lowest BCUT2D eigenvalue weighted by molar-refractivity contribution is -0.139. The summed E-state index contributed by atoms with van der Waals surface area (Å²) in [6.07, 6.45) is -2.64. The van der Waals surface area contributed by atoms with Crippen molar-refractivity contribution in [3.63, 3.8) is 0 Å². The summed E-state index contributed by atoms with van der Waals surface area (Å²) >= 11 is 17.4. The molecular weight excluding hydrogens is 589 g/mol. The number of carbonyl (C=O) groups excluding carboxylic acids is 3. The minimum atomic E-state index is -1.95. The molecule has 3 amide bonds. The zero-order chi connectivity index (χ0) is 29.2. The highest BCUT2D eigenvalue weighted by Gasteiger charge is 2.44. The Morgan fingerprint density at radius 3 is 2.58 bits per heavy atom. The number of halogens is 3. The molecule has 4 rings (SSSR count). The van der Waals surface area contributed by atoms with E-state index in [1.165, 1.54) is 26.0 Å². The number of alkyl halides is 3. The number of alkyl carbamates (subject to hydrolysis) is 1. The number of carboxylic acids is 1. The number of amides is 3. The molecule has 212 valence electrons. The van der Waals surface area contributed by atoms with Crippen molar-refractivity contribution in [1.29, 1.82) is 0 Å². The number of nitrogens with zero attached hydrogens (tertiary/aromatic N) is 1. The van der Waals surface area contributed by atoms with Crippen LogP contribution in [0.4, 0.5) is 16.4 Å². The normalized spacial score (nSPS) is 15.8. The number of ether oxygens (including phenoxy) is 2. The highest BCUT2D eigenvalue weighted by atomic mass is 35.6. The molecule has 0 aliphatic carbocycles. The maximum atomic E-state index is 12.6. The SMILES string of the molecule is CC(C)(OC(=O)N[C@@H](Cc1ccc2c(c1)NC(=O)C(CC(=O)Nc1nc3ccccc3[nH]1)O2)C(=O)O)C(Cl)(Cl)Cl. The van der Waals surface area contributed by atoms with Crippen molar-refractivity contribution in [3.05, 3.63) is 48.0 Å².